The highest BCUT2D eigenvalue weighted by Crippen LogP contribution is 2.36. The Hall–Kier alpha value is -0.970. The Morgan fingerprint density at radius 2 is 2.38 bits per heavy atom. The fourth-order valence-corrected chi connectivity index (χ4v) is 2.39. The van der Waals surface area contributed by atoms with Crippen LogP contribution >= 0.6 is 0 Å². The van der Waals surface area contributed by atoms with Gasteiger partial charge in [0.25, 0.3) is 0 Å². The Kier molecular flexibility index (Phi) is 3.23. The van der Waals surface area contributed by atoms with E-state index in [0.29, 0.717) is 0 Å². The Morgan fingerprint density at radius 1 is 1.56 bits per heavy atom. The zero-order valence-corrected chi connectivity index (χ0v) is 9.86. The number of nitrogens with two attached hydrogens (primary N) is 1. The molecular weight excluding hydrogens is 202 g/mol. The van der Waals surface area contributed by atoms with Crippen LogP contribution in [0.25, 0.3) is 0 Å². The minimum absolute atomic E-state index is 0.00222. The molecule has 4 heteroatoms. The van der Waals surface area contributed by atoms with Crippen molar-refractivity contribution in [3.8, 4) is 0 Å². The summed E-state index contributed by atoms with van der Waals surface area (Å²) in [5, 5.41) is 0. The highest BCUT2D eigenvalue weighted by atomic mass is 16.5. The smallest absolute Gasteiger partial charge is 0.0862 e. The topological polar surface area (TPSA) is 60.2 Å². The molecule has 16 heavy (non-hydrogen) atoms. The number of hydrogen-bond donors (Lipinski definition) is 2. The van der Waals surface area contributed by atoms with Gasteiger partial charge in [0.05, 0.1) is 11.6 Å². The van der Waals surface area contributed by atoms with E-state index in [4.69, 9.17) is 10.6 Å². The predicted molar refractivity (Wildman–Crippen MR) is 62.6 cm³/mol. The molecule has 1 saturated heterocycles. The normalized spacial score (nSPS) is 26.9. The first-order valence-corrected chi connectivity index (χ1v) is 5.67. The van der Waals surface area contributed by atoms with Crippen LogP contribution in [0.4, 0.5) is 0 Å². The zero-order valence-electron chi connectivity index (χ0n) is 9.86. The number of nitrogens with one attached hydrogen (secondary N) is 1. The molecule has 0 amide bonds. The summed E-state index contributed by atoms with van der Waals surface area (Å²) in [5.74, 6) is 5.66. The summed E-state index contributed by atoms with van der Waals surface area (Å²) in [6.45, 7) is 4.95. The van der Waals surface area contributed by atoms with Gasteiger partial charge in [-0.3, -0.25) is 16.3 Å². The van der Waals surface area contributed by atoms with Crippen molar-refractivity contribution >= 4 is 0 Å². The van der Waals surface area contributed by atoms with Gasteiger partial charge in [-0.25, -0.2) is 0 Å². The van der Waals surface area contributed by atoms with Crippen molar-refractivity contribution in [2.24, 2.45) is 5.84 Å². The van der Waals surface area contributed by atoms with Crippen molar-refractivity contribution < 1.29 is 4.74 Å². The number of rotatable bonds is 3. The van der Waals surface area contributed by atoms with Crippen LogP contribution in [0.5, 0.6) is 0 Å². The Morgan fingerprint density at radius 3 is 2.94 bits per heavy atom. The second kappa shape index (κ2) is 4.49. The third kappa shape index (κ3) is 2.09. The van der Waals surface area contributed by atoms with Crippen molar-refractivity contribution in [2.75, 3.05) is 6.61 Å². The van der Waals surface area contributed by atoms with E-state index in [1.807, 2.05) is 19.3 Å². The molecule has 0 saturated carbocycles. The molecule has 1 aliphatic heterocycles. The fraction of sp³-hybridized carbons (Fsp3) is 0.583. The summed E-state index contributed by atoms with van der Waals surface area (Å²) in [6.07, 6.45) is 5.81. The summed E-state index contributed by atoms with van der Waals surface area (Å²) in [7, 11) is 0. The van der Waals surface area contributed by atoms with Gasteiger partial charge in [0.15, 0.2) is 0 Å². The number of ether oxygens (including phenoxy) is 1. The molecular formula is C12H19N3O. The molecule has 2 heterocycles. The Labute approximate surface area is 96.2 Å². The number of hydrazine groups is 1. The molecule has 2 atom stereocenters. The first-order chi connectivity index (χ1) is 7.65. The number of aryl methyl sites for hydroxylation is 1. The van der Waals surface area contributed by atoms with Crippen molar-refractivity contribution in [3.63, 3.8) is 0 Å². The molecule has 2 rings (SSSR count). The van der Waals surface area contributed by atoms with Crippen LogP contribution < -0.4 is 11.3 Å². The lowest BCUT2D eigenvalue weighted by atomic mass is 9.88. The average Bonchev–Trinajstić information content (AvgIpc) is 2.67. The molecule has 1 fully saturated rings. The lowest BCUT2D eigenvalue weighted by molar-refractivity contribution is -0.0126. The molecule has 0 radical (unpaired) electrons. The molecule has 0 aromatic carbocycles. The van der Waals surface area contributed by atoms with E-state index >= 15 is 0 Å². The van der Waals surface area contributed by atoms with Crippen LogP contribution in [0.1, 0.15) is 36.9 Å². The molecule has 88 valence electrons. The summed E-state index contributed by atoms with van der Waals surface area (Å²) in [5.41, 5.74) is 4.87. The molecule has 2 unspecified atom stereocenters. The quantitative estimate of drug-likeness (QED) is 0.599. The maximum atomic E-state index is 5.82. The summed E-state index contributed by atoms with van der Waals surface area (Å²) < 4.78 is 5.82. The maximum Gasteiger partial charge on any atom is 0.0862 e. The van der Waals surface area contributed by atoms with Crippen molar-refractivity contribution in [3.05, 3.63) is 29.6 Å². The lowest BCUT2D eigenvalue weighted by Crippen LogP contribution is -2.44. The van der Waals surface area contributed by atoms with Crippen LogP contribution in [0.15, 0.2) is 18.5 Å². The van der Waals surface area contributed by atoms with E-state index in [0.717, 1.165) is 30.6 Å². The van der Waals surface area contributed by atoms with Gasteiger partial charge in [-0.2, -0.15) is 0 Å². The van der Waals surface area contributed by atoms with Crippen LogP contribution in [-0.4, -0.2) is 17.2 Å². The van der Waals surface area contributed by atoms with Gasteiger partial charge < -0.3 is 4.74 Å². The van der Waals surface area contributed by atoms with Gasteiger partial charge in [0, 0.05) is 19.0 Å². The van der Waals surface area contributed by atoms with Gasteiger partial charge in [-0.15, -0.1) is 0 Å². The molecule has 3 N–H and O–H groups in total. The standard InChI is InChI=1S/C12H19N3O/c1-9-6-10(8-14-7-9)11(15-13)12(2)4-3-5-16-12/h6-8,11,15H,3-5,13H2,1-2H3. The third-order valence-electron chi connectivity index (χ3n) is 3.26. The van der Waals surface area contributed by atoms with Crippen molar-refractivity contribution in [1.29, 1.82) is 0 Å². The number of aromatic nitrogens is 1. The predicted octanol–water partition coefficient (Wildman–Crippen LogP) is 1.46. The molecule has 0 aliphatic carbocycles. The van der Waals surface area contributed by atoms with E-state index in [2.05, 4.69) is 23.4 Å². The van der Waals surface area contributed by atoms with E-state index in [1.165, 1.54) is 0 Å². The van der Waals surface area contributed by atoms with E-state index < -0.39 is 0 Å². The largest absolute Gasteiger partial charge is 0.373 e. The van der Waals surface area contributed by atoms with Gasteiger partial charge in [0.1, 0.15) is 0 Å². The molecule has 1 aromatic rings. The highest BCUT2D eigenvalue weighted by molar-refractivity contribution is 5.23. The molecule has 1 aliphatic rings. The van der Waals surface area contributed by atoms with Gasteiger partial charge in [0.2, 0.25) is 0 Å². The minimum Gasteiger partial charge on any atom is -0.373 e. The fourth-order valence-electron chi connectivity index (χ4n) is 2.39. The number of pyridine rings is 1. The zero-order chi connectivity index (χ0) is 11.6. The monoisotopic (exact) mass is 221 g/mol. The second-order valence-electron chi connectivity index (χ2n) is 4.66. The summed E-state index contributed by atoms with van der Waals surface area (Å²) in [4.78, 5) is 4.20. The van der Waals surface area contributed by atoms with Gasteiger partial charge >= 0.3 is 0 Å². The molecule has 4 nitrogen and oxygen atoms in total. The number of hydrogen-bond acceptors (Lipinski definition) is 4. The van der Waals surface area contributed by atoms with E-state index in [-0.39, 0.29) is 11.6 Å². The van der Waals surface area contributed by atoms with Gasteiger partial charge in [-0.05, 0) is 37.8 Å². The Bertz CT molecular complexity index is 361. The first-order valence-electron chi connectivity index (χ1n) is 5.67. The van der Waals surface area contributed by atoms with Crippen LogP contribution in [0, 0.1) is 6.92 Å². The van der Waals surface area contributed by atoms with E-state index in [1.54, 1.807) is 0 Å². The van der Waals surface area contributed by atoms with Crippen LogP contribution in [0.3, 0.4) is 0 Å². The third-order valence-corrected chi connectivity index (χ3v) is 3.26. The second-order valence-corrected chi connectivity index (χ2v) is 4.66. The SMILES string of the molecule is Cc1cncc(C(NN)C2(C)CCCO2)c1. The number of nitrogens with zero attached hydrogens (tertiary/aromatic N) is 1. The lowest BCUT2D eigenvalue weighted by Gasteiger charge is -2.33. The summed E-state index contributed by atoms with van der Waals surface area (Å²) >= 11 is 0. The van der Waals surface area contributed by atoms with Crippen LogP contribution in [0.2, 0.25) is 0 Å². The summed E-state index contributed by atoms with van der Waals surface area (Å²) in [6, 6.07) is 2.10. The van der Waals surface area contributed by atoms with E-state index in [9.17, 15) is 0 Å². The van der Waals surface area contributed by atoms with Crippen molar-refractivity contribution in [1.82, 2.24) is 10.4 Å². The van der Waals surface area contributed by atoms with Gasteiger partial charge in [-0.1, -0.05) is 6.07 Å². The Balaban J connectivity index is 2.28. The van der Waals surface area contributed by atoms with Crippen molar-refractivity contribution in [2.45, 2.75) is 38.3 Å². The average molecular weight is 221 g/mol. The first kappa shape index (κ1) is 11.5. The van der Waals surface area contributed by atoms with Crippen LogP contribution in [-0.2, 0) is 4.74 Å². The molecule has 0 spiro atoms. The maximum absolute atomic E-state index is 5.82. The molecule has 1 aromatic heterocycles. The minimum atomic E-state index is -0.218. The molecule has 0 bridgehead atoms. The highest BCUT2D eigenvalue weighted by Gasteiger charge is 2.38.